The quantitative estimate of drug-likeness (QED) is 0.454. The minimum Gasteiger partial charge on any atom is -0.340 e. The summed E-state index contributed by atoms with van der Waals surface area (Å²) in [5.41, 5.74) is 6.57. The van der Waals surface area contributed by atoms with E-state index in [4.69, 9.17) is 0 Å². The molecule has 2 aromatic carbocycles. The van der Waals surface area contributed by atoms with Crippen LogP contribution >= 0.6 is 11.8 Å². The number of thioether (sulfide) groups is 1. The number of fused-ring (bicyclic) bond motifs is 1. The first-order chi connectivity index (χ1) is 14.0. The standard InChI is InChI=1S/C24H23N3OS/c1-5-12-27-17(4)20(19-8-6-7-9-21(19)27)14-22-23(28)26-24(29-22)25-18-11-10-15(2)16(3)13-18/h5-11,13-14H,1,12H2,2-4H3,(H,25,26,28)/b22-14+. The minimum atomic E-state index is -0.113. The number of aliphatic imine (C=N–C) groups is 1. The average molecular weight is 402 g/mol. The van der Waals surface area contributed by atoms with Gasteiger partial charge in [0.15, 0.2) is 5.17 Å². The topological polar surface area (TPSA) is 46.4 Å². The fourth-order valence-electron chi connectivity index (χ4n) is 3.53. The monoisotopic (exact) mass is 401 g/mol. The van der Waals surface area contributed by atoms with E-state index < -0.39 is 0 Å². The SMILES string of the molecule is C=CCn1c(C)c(/C=C2/SC(=Nc3ccc(C)c(C)c3)NC2=O)c2ccccc21. The van der Waals surface area contributed by atoms with E-state index in [1.807, 2.05) is 42.5 Å². The summed E-state index contributed by atoms with van der Waals surface area (Å²) in [6.45, 7) is 10.8. The Labute approximate surface area is 175 Å². The fourth-order valence-corrected chi connectivity index (χ4v) is 4.35. The highest BCUT2D eigenvalue weighted by Gasteiger charge is 2.25. The summed E-state index contributed by atoms with van der Waals surface area (Å²) in [5, 5.41) is 4.63. The lowest BCUT2D eigenvalue weighted by atomic mass is 10.1. The van der Waals surface area contributed by atoms with Crippen LogP contribution in [0.25, 0.3) is 17.0 Å². The van der Waals surface area contributed by atoms with Crippen molar-refractivity contribution in [3.63, 3.8) is 0 Å². The van der Waals surface area contributed by atoms with Gasteiger partial charge in [-0.05, 0) is 67.9 Å². The molecule has 146 valence electrons. The molecule has 0 bridgehead atoms. The lowest BCUT2D eigenvalue weighted by Crippen LogP contribution is -2.19. The van der Waals surface area contributed by atoms with Gasteiger partial charge < -0.3 is 9.88 Å². The van der Waals surface area contributed by atoms with Gasteiger partial charge in [0.1, 0.15) is 0 Å². The fraction of sp³-hybridized carbons (Fsp3) is 0.167. The van der Waals surface area contributed by atoms with Crippen LogP contribution in [0.2, 0.25) is 0 Å². The summed E-state index contributed by atoms with van der Waals surface area (Å²) in [5.74, 6) is -0.113. The number of nitrogens with one attached hydrogen (secondary N) is 1. The first kappa shape index (κ1) is 19.3. The van der Waals surface area contributed by atoms with Crippen molar-refractivity contribution in [2.24, 2.45) is 4.99 Å². The number of hydrogen-bond acceptors (Lipinski definition) is 3. The molecule has 1 saturated heterocycles. The smallest absolute Gasteiger partial charge is 0.264 e. The molecule has 0 saturated carbocycles. The Morgan fingerprint density at radius 3 is 2.69 bits per heavy atom. The van der Waals surface area contributed by atoms with Crippen LogP contribution in [-0.2, 0) is 11.3 Å². The highest BCUT2D eigenvalue weighted by atomic mass is 32.2. The van der Waals surface area contributed by atoms with E-state index in [-0.39, 0.29) is 5.91 Å². The summed E-state index contributed by atoms with van der Waals surface area (Å²) in [7, 11) is 0. The zero-order valence-corrected chi connectivity index (χ0v) is 17.6. The molecule has 1 aliphatic rings. The lowest BCUT2D eigenvalue weighted by Gasteiger charge is -2.04. The number of aromatic nitrogens is 1. The third kappa shape index (κ3) is 3.66. The Balaban J connectivity index is 1.71. The van der Waals surface area contributed by atoms with E-state index in [0.717, 1.165) is 34.4 Å². The zero-order valence-electron chi connectivity index (χ0n) is 16.8. The van der Waals surface area contributed by atoms with Gasteiger partial charge in [0.2, 0.25) is 0 Å². The van der Waals surface area contributed by atoms with Gasteiger partial charge in [-0.3, -0.25) is 4.79 Å². The molecule has 4 rings (SSSR count). The maximum absolute atomic E-state index is 12.6. The van der Waals surface area contributed by atoms with Gasteiger partial charge in [0, 0.05) is 28.7 Å². The number of rotatable bonds is 4. The van der Waals surface area contributed by atoms with Crippen LogP contribution in [0.1, 0.15) is 22.4 Å². The van der Waals surface area contributed by atoms with E-state index in [9.17, 15) is 4.79 Å². The third-order valence-electron chi connectivity index (χ3n) is 5.24. The predicted octanol–water partition coefficient (Wildman–Crippen LogP) is 5.64. The molecule has 29 heavy (non-hydrogen) atoms. The molecule has 1 fully saturated rings. The van der Waals surface area contributed by atoms with Gasteiger partial charge in [0.25, 0.3) is 5.91 Å². The van der Waals surface area contributed by atoms with E-state index in [0.29, 0.717) is 10.1 Å². The number of aryl methyl sites for hydroxylation is 2. The van der Waals surface area contributed by atoms with Gasteiger partial charge in [-0.2, -0.15) is 0 Å². The second kappa shape index (κ2) is 7.76. The van der Waals surface area contributed by atoms with Crippen molar-refractivity contribution in [3.8, 4) is 0 Å². The van der Waals surface area contributed by atoms with Crippen LogP contribution in [0.4, 0.5) is 5.69 Å². The van der Waals surface area contributed by atoms with Crippen LogP contribution in [-0.4, -0.2) is 15.6 Å². The molecule has 2 heterocycles. The van der Waals surface area contributed by atoms with Crippen LogP contribution in [0.15, 0.2) is 65.0 Å². The Morgan fingerprint density at radius 2 is 1.93 bits per heavy atom. The first-order valence-electron chi connectivity index (χ1n) is 9.53. The Hall–Kier alpha value is -3.05. The molecule has 0 radical (unpaired) electrons. The molecule has 4 nitrogen and oxygen atoms in total. The molecule has 5 heteroatoms. The average Bonchev–Trinajstić information content (AvgIpc) is 3.17. The minimum absolute atomic E-state index is 0.113. The van der Waals surface area contributed by atoms with Crippen molar-refractivity contribution < 1.29 is 4.79 Å². The molecular formula is C24H23N3OS. The summed E-state index contributed by atoms with van der Waals surface area (Å²) in [6.07, 6.45) is 3.86. The van der Waals surface area contributed by atoms with Gasteiger partial charge in [-0.1, -0.05) is 30.3 Å². The second-order valence-corrected chi connectivity index (χ2v) is 8.20. The number of amides is 1. The molecule has 1 N–H and O–H groups in total. The van der Waals surface area contributed by atoms with Crippen molar-refractivity contribution in [3.05, 3.63) is 82.4 Å². The number of amidine groups is 1. The highest BCUT2D eigenvalue weighted by molar-refractivity contribution is 8.18. The largest absolute Gasteiger partial charge is 0.340 e. The molecule has 0 atom stereocenters. The molecule has 1 amide bonds. The van der Waals surface area contributed by atoms with Crippen LogP contribution in [0.5, 0.6) is 0 Å². The number of para-hydroxylation sites is 1. The van der Waals surface area contributed by atoms with E-state index in [1.165, 1.54) is 22.9 Å². The maximum Gasteiger partial charge on any atom is 0.264 e. The predicted molar refractivity (Wildman–Crippen MR) is 124 cm³/mol. The number of hydrogen-bond donors (Lipinski definition) is 1. The summed E-state index contributed by atoms with van der Waals surface area (Å²) >= 11 is 1.38. The van der Waals surface area contributed by atoms with Crippen LogP contribution in [0, 0.1) is 20.8 Å². The van der Waals surface area contributed by atoms with Crippen molar-refractivity contribution in [2.45, 2.75) is 27.3 Å². The van der Waals surface area contributed by atoms with E-state index in [2.05, 4.69) is 54.4 Å². The zero-order chi connectivity index (χ0) is 20.5. The van der Waals surface area contributed by atoms with E-state index in [1.54, 1.807) is 0 Å². The van der Waals surface area contributed by atoms with Gasteiger partial charge in [-0.15, -0.1) is 6.58 Å². The molecule has 0 unspecified atom stereocenters. The molecular weight excluding hydrogens is 378 g/mol. The number of carbonyl (C=O) groups is 1. The Kier molecular flexibility index (Phi) is 5.16. The normalized spacial score (nSPS) is 16.7. The first-order valence-corrected chi connectivity index (χ1v) is 10.3. The van der Waals surface area contributed by atoms with Crippen molar-refractivity contribution in [1.29, 1.82) is 0 Å². The highest BCUT2D eigenvalue weighted by Crippen LogP contribution is 2.33. The van der Waals surface area contributed by atoms with Gasteiger partial charge in [-0.25, -0.2) is 4.99 Å². The lowest BCUT2D eigenvalue weighted by molar-refractivity contribution is -0.115. The Morgan fingerprint density at radius 1 is 1.14 bits per heavy atom. The van der Waals surface area contributed by atoms with E-state index >= 15 is 0 Å². The summed E-state index contributed by atoms with van der Waals surface area (Å²) < 4.78 is 2.22. The summed E-state index contributed by atoms with van der Waals surface area (Å²) in [4.78, 5) is 17.8. The van der Waals surface area contributed by atoms with Crippen molar-refractivity contribution in [1.82, 2.24) is 9.88 Å². The maximum atomic E-state index is 12.6. The molecule has 0 spiro atoms. The second-order valence-electron chi connectivity index (χ2n) is 7.17. The summed E-state index contributed by atoms with van der Waals surface area (Å²) in [6, 6.07) is 14.3. The third-order valence-corrected chi connectivity index (χ3v) is 6.15. The molecule has 1 aliphatic heterocycles. The van der Waals surface area contributed by atoms with Crippen molar-refractivity contribution in [2.75, 3.05) is 0 Å². The molecule has 1 aromatic heterocycles. The van der Waals surface area contributed by atoms with Gasteiger partial charge in [0.05, 0.1) is 10.6 Å². The molecule has 3 aromatic rings. The van der Waals surface area contributed by atoms with Crippen LogP contribution < -0.4 is 5.32 Å². The van der Waals surface area contributed by atoms with Crippen molar-refractivity contribution >= 4 is 45.5 Å². The Bertz CT molecular complexity index is 1200. The molecule has 0 aliphatic carbocycles. The number of benzene rings is 2. The van der Waals surface area contributed by atoms with Crippen LogP contribution in [0.3, 0.4) is 0 Å². The number of allylic oxidation sites excluding steroid dienone is 1. The number of nitrogens with zero attached hydrogens (tertiary/aromatic N) is 2. The van der Waals surface area contributed by atoms with Gasteiger partial charge >= 0.3 is 0 Å². The number of carbonyl (C=O) groups excluding carboxylic acids is 1.